The van der Waals surface area contributed by atoms with E-state index in [1.54, 1.807) is 6.20 Å². The number of H-pyrrole nitrogens is 1. The highest BCUT2D eigenvalue weighted by atomic mass is 35.5. The lowest BCUT2D eigenvalue weighted by atomic mass is 10.2. The number of piperazine rings is 1. The van der Waals surface area contributed by atoms with Crippen molar-refractivity contribution in [1.29, 1.82) is 0 Å². The maximum absolute atomic E-state index is 6.20. The molecule has 1 aliphatic heterocycles. The number of rotatable bonds is 3. The van der Waals surface area contributed by atoms with Crippen molar-refractivity contribution >= 4 is 39.9 Å². The topological polar surface area (TPSA) is 48.0 Å². The van der Waals surface area contributed by atoms with Crippen LogP contribution in [0.2, 0.25) is 10.0 Å². The fourth-order valence-electron chi connectivity index (χ4n) is 3.08. The van der Waals surface area contributed by atoms with E-state index in [4.69, 9.17) is 23.2 Å². The van der Waals surface area contributed by atoms with Gasteiger partial charge >= 0.3 is 0 Å². The molecule has 0 unspecified atom stereocenters. The van der Waals surface area contributed by atoms with Crippen LogP contribution in [0.4, 0.5) is 5.82 Å². The van der Waals surface area contributed by atoms with Crippen molar-refractivity contribution < 1.29 is 0 Å². The number of hydrogen-bond acceptors (Lipinski definition) is 4. The molecule has 0 saturated carbocycles. The maximum Gasteiger partial charge on any atom is 0.128 e. The summed E-state index contributed by atoms with van der Waals surface area (Å²) in [7, 11) is 0. The van der Waals surface area contributed by atoms with Crippen molar-refractivity contribution in [3.8, 4) is 0 Å². The summed E-state index contributed by atoms with van der Waals surface area (Å²) in [5.74, 6) is 0.982. The largest absolute Gasteiger partial charge is 0.354 e. The van der Waals surface area contributed by atoms with E-state index in [-0.39, 0.29) is 0 Å². The van der Waals surface area contributed by atoms with E-state index in [2.05, 4.69) is 31.0 Å². The van der Waals surface area contributed by atoms with Gasteiger partial charge in [0.05, 0.1) is 21.3 Å². The molecule has 1 N–H and O–H groups in total. The van der Waals surface area contributed by atoms with Crippen LogP contribution in [0.25, 0.3) is 10.9 Å². The molecule has 24 heavy (non-hydrogen) atoms. The Balaban J connectivity index is 1.42. The van der Waals surface area contributed by atoms with Crippen LogP contribution in [0, 0.1) is 0 Å². The van der Waals surface area contributed by atoms with Crippen molar-refractivity contribution in [2.75, 3.05) is 31.1 Å². The van der Waals surface area contributed by atoms with Crippen LogP contribution in [-0.4, -0.2) is 46.3 Å². The molecule has 3 heterocycles. The maximum atomic E-state index is 6.20. The molecule has 7 heteroatoms. The van der Waals surface area contributed by atoms with Gasteiger partial charge in [-0.05, 0) is 18.2 Å². The molecule has 0 amide bonds. The van der Waals surface area contributed by atoms with E-state index >= 15 is 0 Å². The zero-order chi connectivity index (χ0) is 16.5. The zero-order valence-corrected chi connectivity index (χ0v) is 14.6. The SMILES string of the molecule is Clc1ccc(N2CCN(Cc3n[nH]c4c(Cl)cccc34)CC2)nc1. The minimum Gasteiger partial charge on any atom is -0.354 e. The average molecular weight is 362 g/mol. The highest BCUT2D eigenvalue weighted by molar-refractivity contribution is 6.35. The Morgan fingerprint density at radius 3 is 2.62 bits per heavy atom. The second-order valence-corrected chi connectivity index (χ2v) is 6.77. The van der Waals surface area contributed by atoms with Crippen molar-refractivity contribution in [2.45, 2.75) is 6.54 Å². The number of para-hydroxylation sites is 1. The number of halogens is 2. The monoisotopic (exact) mass is 361 g/mol. The molecule has 0 atom stereocenters. The number of aromatic nitrogens is 3. The highest BCUT2D eigenvalue weighted by Crippen LogP contribution is 2.25. The first-order valence-electron chi connectivity index (χ1n) is 7.91. The quantitative estimate of drug-likeness (QED) is 0.774. The van der Waals surface area contributed by atoms with E-state index < -0.39 is 0 Å². The lowest BCUT2D eigenvalue weighted by Crippen LogP contribution is -2.46. The molecule has 124 valence electrons. The summed E-state index contributed by atoms with van der Waals surface area (Å²) < 4.78 is 0. The van der Waals surface area contributed by atoms with Crippen molar-refractivity contribution in [3.05, 3.63) is 52.3 Å². The Labute approximate surface area is 150 Å². The number of fused-ring (bicyclic) bond motifs is 1. The molecule has 2 aromatic heterocycles. The van der Waals surface area contributed by atoms with Gasteiger partial charge in [0.25, 0.3) is 0 Å². The summed E-state index contributed by atoms with van der Waals surface area (Å²) in [6.07, 6.45) is 1.70. The summed E-state index contributed by atoms with van der Waals surface area (Å²) in [6, 6.07) is 9.77. The van der Waals surface area contributed by atoms with Gasteiger partial charge in [-0.3, -0.25) is 10.00 Å². The van der Waals surface area contributed by atoms with Gasteiger partial charge in [-0.25, -0.2) is 4.98 Å². The van der Waals surface area contributed by atoms with Gasteiger partial charge in [0.1, 0.15) is 5.82 Å². The van der Waals surface area contributed by atoms with E-state index in [9.17, 15) is 0 Å². The van der Waals surface area contributed by atoms with Crippen LogP contribution in [0.3, 0.4) is 0 Å². The van der Waals surface area contributed by atoms with E-state index in [1.165, 1.54) is 0 Å². The number of benzene rings is 1. The Bertz CT molecular complexity index is 838. The van der Waals surface area contributed by atoms with Crippen molar-refractivity contribution in [3.63, 3.8) is 0 Å². The molecule has 1 saturated heterocycles. The van der Waals surface area contributed by atoms with Crippen LogP contribution < -0.4 is 4.90 Å². The van der Waals surface area contributed by atoms with E-state index in [1.807, 2.05) is 24.3 Å². The van der Waals surface area contributed by atoms with Crippen LogP contribution >= 0.6 is 23.2 Å². The molecule has 0 bridgehead atoms. The summed E-state index contributed by atoms with van der Waals surface area (Å²) >= 11 is 12.1. The molecule has 0 spiro atoms. The molecule has 4 rings (SSSR count). The predicted molar refractivity (Wildman–Crippen MR) is 97.8 cm³/mol. The Kier molecular flexibility index (Phi) is 4.31. The number of anilines is 1. The van der Waals surface area contributed by atoms with Crippen LogP contribution in [0.1, 0.15) is 5.69 Å². The van der Waals surface area contributed by atoms with Crippen LogP contribution in [0.15, 0.2) is 36.5 Å². The van der Waals surface area contributed by atoms with Gasteiger partial charge in [-0.15, -0.1) is 0 Å². The third-order valence-corrected chi connectivity index (χ3v) is 4.95. The standard InChI is InChI=1S/C17H17Cl2N5/c18-12-4-5-16(20-10-12)24-8-6-23(7-9-24)11-15-13-2-1-3-14(19)17(13)22-21-15/h1-5,10H,6-9,11H2,(H,21,22). The molecule has 0 aliphatic carbocycles. The minimum atomic E-state index is 0.668. The molecule has 5 nitrogen and oxygen atoms in total. The smallest absolute Gasteiger partial charge is 0.128 e. The van der Waals surface area contributed by atoms with Crippen molar-refractivity contribution in [2.24, 2.45) is 0 Å². The highest BCUT2D eigenvalue weighted by Gasteiger charge is 2.20. The number of nitrogens with one attached hydrogen (secondary N) is 1. The third kappa shape index (κ3) is 3.07. The Hall–Kier alpha value is -1.82. The van der Waals surface area contributed by atoms with Crippen molar-refractivity contribution in [1.82, 2.24) is 20.1 Å². The summed E-state index contributed by atoms with van der Waals surface area (Å²) in [4.78, 5) is 9.09. The first kappa shape index (κ1) is 15.7. The predicted octanol–water partition coefficient (Wildman–Crippen LogP) is 3.59. The first-order chi connectivity index (χ1) is 11.7. The Morgan fingerprint density at radius 1 is 1.04 bits per heavy atom. The number of pyridine rings is 1. The molecule has 1 aliphatic rings. The summed E-state index contributed by atoms with van der Waals surface area (Å²) in [6.45, 7) is 4.65. The Morgan fingerprint density at radius 2 is 1.88 bits per heavy atom. The molecule has 1 fully saturated rings. The van der Waals surface area contributed by atoms with Gasteiger partial charge in [-0.2, -0.15) is 5.10 Å². The van der Waals surface area contributed by atoms with E-state index in [0.717, 1.165) is 55.1 Å². The van der Waals surface area contributed by atoms with Gasteiger partial charge in [0, 0.05) is 44.3 Å². The fraction of sp³-hybridized carbons (Fsp3) is 0.294. The number of aromatic amines is 1. The number of hydrogen-bond donors (Lipinski definition) is 1. The number of nitrogens with zero attached hydrogens (tertiary/aromatic N) is 4. The van der Waals surface area contributed by atoms with Crippen LogP contribution in [0.5, 0.6) is 0 Å². The molecule has 1 aromatic carbocycles. The molecule has 0 radical (unpaired) electrons. The fourth-order valence-corrected chi connectivity index (χ4v) is 3.41. The van der Waals surface area contributed by atoms with Gasteiger partial charge < -0.3 is 4.90 Å². The second kappa shape index (κ2) is 6.59. The lowest BCUT2D eigenvalue weighted by molar-refractivity contribution is 0.247. The third-order valence-electron chi connectivity index (χ3n) is 4.41. The molecule has 3 aromatic rings. The second-order valence-electron chi connectivity index (χ2n) is 5.93. The van der Waals surface area contributed by atoms with Gasteiger partial charge in [-0.1, -0.05) is 35.3 Å². The van der Waals surface area contributed by atoms with Gasteiger partial charge in [0.15, 0.2) is 0 Å². The normalized spacial score (nSPS) is 16.0. The molecular weight excluding hydrogens is 345 g/mol. The average Bonchev–Trinajstić information content (AvgIpc) is 3.01. The zero-order valence-electron chi connectivity index (χ0n) is 13.0. The summed E-state index contributed by atoms with van der Waals surface area (Å²) in [5.41, 5.74) is 1.96. The first-order valence-corrected chi connectivity index (χ1v) is 8.66. The molecular formula is C17H17Cl2N5. The summed E-state index contributed by atoms with van der Waals surface area (Å²) in [5, 5.41) is 9.97. The lowest BCUT2D eigenvalue weighted by Gasteiger charge is -2.35. The minimum absolute atomic E-state index is 0.668. The van der Waals surface area contributed by atoms with E-state index in [0.29, 0.717) is 10.0 Å². The van der Waals surface area contributed by atoms with Gasteiger partial charge in [0.2, 0.25) is 0 Å². The van der Waals surface area contributed by atoms with Crippen LogP contribution in [-0.2, 0) is 6.54 Å².